The van der Waals surface area contributed by atoms with E-state index >= 15 is 0 Å². The molecule has 1 heterocycles. The molecular weight excluding hydrogens is 440 g/mol. The van der Waals surface area contributed by atoms with Crippen LogP contribution in [0, 0.1) is 11.8 Å². The van der Waals surface area contributed by atoms with Crippen molar-refractivity contribution in [3.63, 3.8) is 0 Å². The Hall–Kier alpha value is -1.54. The molecule has 0 radical (unpaired) electrons. The first kappa shape index (κ1) is 25.5. The zero-order chi connectivity index (χ0) is 22.0. The molecule has 1 aromatic rings. The number of methoxy groups -OCH3 is 2. The Morgan fingerprint density at radius 2 is 2.00 bits per heavy atom. The van der Waals surface area contributed by atoms with Crippen molar-refractivity contribution in [3.05, 3.63) is 16.2 Å². The summed E-state index contributed by atoms with van der Waals surface area (Å²) < 4.78 is 17.0. The molecule has 29 heavy (non-hydrogen) atoms. The van der Waals surface area contributed by atoms with Gasteiger partial charge in [0.2, 0.25) is 0 Å². The Balaban J connectivity index is 2.87. The standard InChI is InChI=1S/C21H35BrN2O5/c1-14(2)16(13-21(3,4)24-20(25)26)9-8-15-12-17(29-11-7-10-27-5)19(28-6)23-18(15)22/h12,14,16,24H,7-11,13H2,1-6H3,(H,25,26)/t16-/m0/s1. The van der Waals surface area contributed by atoms with Crippen LogP contribution in [0.4, 0.5) is 4.79 Å². The van der Waals surface area contributed by atoms with Crippen molar-refractivity contribution in [2.24, 2.45) is 11.8 Å². The van der Waals surface area contributed by atoms with E-state index < -0.39 is 11.6 Å². The average Bonchev–Trinajstić information content (AvgIpc) is 2.62. The number of rotatable bonds is 13. The van der Waals surface area contributed by atoms with Gasteiger partial charge < -0.3 is 24.6 Å². The van der Waals surface area contributed by atoms with Crippen molar-refractivity contribution >= 4 is 22.0 Å². The van der Waals surface area contributed by atoms with Crippen LogP contribution in [-0.2, 0) is 11.2 Å². The zero-order valence-corrected chi connectivity index (χ0v) is 20.0. The molecule has 0 aliphatic rings. The van der Waals surface area contributed by atoms with E-state index in [1.54, 1.807) is 14.2 Å². The van der Waals surface area contributed by atoms with Crippen LogP contribution in [0.5, 0.6) is 11.6 Å². The molecule has 8 heteroatoms. The summed E-state index contributed by atoms with van der Waals surface area (Å²) >= 11 is 3.54. The molecule has 0 spiro atoms. The van der Waals surface area contributed by atoms with Gasteiger partial charge in [-0.25, -0.2) is 9.78 Å². The maximum Gasteiger partial charge on any atom is 0.405 e. The Labute approximate surface area is 182 Å². The number of carbonyl (C=O) groups is 1. The monoisotopic (exact) mass is 474 g/mol. The summed E-state index contributed by atoms with van der Waals surface area (Å²) in [5.74, 6) is 1.86. The largest absolute Gasteiger partial charge is 0.488 e. The zero-order valence-electron chi connectivity index (χ0n) is 18.4. The Bertz CT molecular complexity index is 652. The van der Waals surface area contributed by atoms with Gasteiger partial charge in [0.25, 0.3) is 5.88 Å². The van der Waals surface area contributed by atoms with Gasteiger partial charge in [0.15, 0.2) is 5.75 Å². The van der Waals surface area contributed by atoms with Crippen molar-refractivity contribution < 1.29 is 24.1 Å². The van der Waals surface area contributed by atoms with E-state index in [0.29, 0.717) is 36.7 Å². The van der Waals surface area contributed by atoms with E-state index in [9.17, 15) is 4.79 Å². The number of ether oxygens (including phenoxy) is 3. The van der Waals surface area contributed by atoms with Gasteiger partial charge in [-0.15, -0.1) is 0 Å². The number of pyridine rings is 1. The molecule has 7 nitrogen and oxygen atoms in total. The van der Waals surface area contributed by atoms with Gasteiger partial charge in [-0.3, -0.25) is 0 Å². The van der Waals surface area contributed by atoms with Crippen LogP contribution in [-0.4, -0.2) is 49.2 Å². The minimum absolute atomic E-state index is 0.358. The molecule has 0 aliphatic carbocycles. The highest BCUT2D eigenvalue weighted by Gasteiger charge is 2.27. The van der Waals surface area contributed by atoms with Crippen molar-refractivity contribution in [1.82, 2.24) is 10.3 Å². The van der Waals surface area contributed by atoms with Gasteiger partial charge in [0, 0.05) is 25.7 Å². The lowest BCUT2D eigenvalue weighted by Gasteiger charge is -2.32. The first-order valence-corrected chi connectivity index (χ1v) is 10.7. The predicted octanol–water partition coefficient (Wildman–Crippen LogP) is 4.91. The number of halogens is 1. The number of aryl methyl sites for hydroxylation is 1. The molecule has 0 aromatic carbocycles. The fourth-order valence-corrected chi connectivity index (χ4v) is 3.79. The molecule has 0 saturated heterocycles. The summed E-state index contributed by atoms with van der Waals surface area (Å²) in [5, 5.41) is 11.7. The van der Waals surface area contributed by atoms with Crippen LogP contribution < -0.4 is 14.8 Å². The molecule has 0 bridgehead atoms. The van der Waals surface area contributed by atoms with Gasteiger partial charge >= 0.3 is 6.09 Å². The van der Waals surface area contributed by atoms with Crippen molar-refractivity contribution in [3.8, 4) is 11.6 Å². The molecule has 1 aromatic heterocycles. The third-order valence-electron chi connectivity index (χ3n) is 4.87. The molecule has 1 rings (SSSR count). The van der Waals surface area contributed by atoms with E-state index in [0.717, 1.165) is 35.8 Å². The van der Waals surface area contributed by atoms with Crippen molar-refractivity contribution in [2.75, 3.05) is 27.4 Å². The Kier molecular flexibility index (Phi) is 10.7. The predicted molar refractivity (Wildman–Crippen MR) is 117 cm³/mol. The number of hydrogen-bond donors (Lipinski definition) is 2. The Morgan fingerprint density at radius 1 is 1.31 bits per heavy atom. The van der Waals surface area contributed by atoms with Crippen LogP contribution in [0.25, 0.3) is 0 Å². The van der Waals surface area contributed by atoms with Gasteiger partial charge in [-0.05, 0) is 72.5 Å². The van der Waals surface area contributed by atoms with Crippen LogP contribution in [0.15, 0.2) is 10.7 Å². The van der Waals surface area contributed by atoms with Crippen molar-refractivity contribution in [1.29, 1.82) is 0 Å². The third-order valence-corrected chi connectivity index (χ3v) is 5.56. The molecular formula is C21H35BrN2O5. The molecule has 2 N–H and O–H groups in total. The number of amides is 1. The highest BCUT2D eigenvalue weighted by molar-refractivity contribution is 9.10. The second-order valence-corrected chi connectivity index (χ2v) is 8.95. The lowest BCUT2D eigenvalue weighted by Crippen LogP contribution is -2.44. The molecule has 166 valence electrons. The summed E-state index contributed by atoms with van der Waals surface area (Å²) in [6.07, 6.45) is 2.27. The second-order valence-electron chi connectivity index (χ2n) is 8.20. The summed E-state index contributed by atoms with van der Waals surface area (Å²) in [5.41, 5.74) is 0.563. The quantitative estimate of drug-likeness (QED) is 0.311. The van der Waals surface area contributed by atoms with E-state index in [-0.39, 0.29) is 0 Å². The molecule has 0 unspecified atom stereocenters. The summed E-state index contributed by atoms with van der Waals surface area (Å²) in [4.78, 5) is 15.5. The molecule has 1 atom stereocenters. The summed E-state index contributed by atoms with van der Waals surface area (Å²) in [6, 6.07) is 1.97. The van der Waals surface area contributed by atoms with Crippen LogP contribution >= 0.6 is 15.9 Å². The van der Waals surface area contributed by atoms with E-state index in [1.807, 2.05) is 19.9 Å². The maximum atomic E-state index is 11.1. The molecule has 1 amide bonds. The lowest BCUT2D eigenvalue weighted by molar-refractivity contribution is 0.169. The van der Waals surface area contributed by atoms with Gasteiger partial charge in [0.1, 0.15) is 4.60 Å². The molecule has 0 saturated carbocycles. The van der Waals surface area contributed by atoms with Crippen LogP contribution in [0.3, 0.4) is 0 Å². The van der Waals surface area contributed by atoms with Gasteiger partial charge in [-0.2, -0.15) is 0 Å². The lowest BCUT2D eigenvalue weighted by atomic mass is 9.80. The third kappa shape index (κ3) is 9.21. The first-order valence-electron chi connectivity index (χ1n) is 9.96. The summed E-state index contributed by atoms with van der Waals surface area (Å²) in [7, 11) is 3.24. The van der Waals surface area contributed by atoms with E-state index in [1.165, 1.54) is 0 Å². The summed E-state index contributed by atoms with van der Waals surface area (Å²) in [6.45, 7) is 9.35. The van der Waals surface area contributed by atoms with Gasteiger partial charge in [-0.1, -0.05) is 13.8 Å². The van der Waals surface area contributed by atoms with Crippen LogP contribution in [0.2, 0.25) is 0 Å². The highest BCUT2D eigenvalue weighted by Crippen LogP contribution is 2.33. The smallest absolute Gasteiger partial charge is 0.405 e. The fraction of sp³-hybridized carbons (Fsp3) is 0.714. The SMILES string of the molecule is COCCCOc1cc(CC[C@@H](CC(C)(C)NC(=O)O)C(C)C)c(Br)nc1OC. The number of aromatic nitrogens is 1. The highest BCUT2D eigenvalue weighted by atomic mass is 79.9. The number of nitrogens with zero attached hydrogens (tertiary/aromatic N) is 1. The first-order chi connectivity index (χ1) is 13.6. The number of hydrogen-bond acceptors (Lipinski definition) is 5. The molecule has 0 fully saturated rings. The van der Waals surface area contributed by atoms with Crippen LogP contribution in [0.1, 0.15) is 52.5 Å². The minimum Gasteiger partial charge on any atom is -0.488 e. The number of carboxylic acid groups (broad SMARTS) is 1. The number of nitrogens with one attached hydrogen (secondary N) is 1. The maximum absolute atomic E-state index is 11.1. The second kappa shape index (κ2) is 12.2. The van der Waals surface area contributed by atoms with E-state index in [2.05, 4.69) is 40.1 Å². The average molecular weight is 475 g/mol. The normalized spacial score (nSPS) is 12.7. The van der Waals surface area contributed by atoms with Crippen molar-refractivity contribution in [2.45, 2.75) is 58.9 Å². The fourth-order valence-electron chi connectivity index (χ4n) is 3.31. The van der Waals surface area contributed by atoms with E-state index in [4.69, 9.17) is 19.3 Å². The Morgan fingerprint density at radius 3 is 2.55 bits per heavy atom. The minimum atomic E-state index is -0.991. The molecule has 0 aliphatic heterocycles. The topological polar surface area (TPSA) is 89.9 Å². The van der Waals surface area contributed by atoms with Gasteiger partial charge in [0.05, 0.1) is 13.7 Å².